The normalized spacial score (nSPS) is 17.5. The van der Waals surface area contributed by atoms with Crippen LogP contribution in [-0.2, 0) is 13.7 Å². The van der Waals surface area contributed by atoms with E-state index in [1.54, 1.807) is 48.5 Å². The van der Waals surface area contributed by atoms with Crippen molar-refractivity contribution in [1.29, 1.82) is 0 Å². The van der Waals surface area contributed by atoms with Crippen molar-refractivity contribution in [2.24, 2.45) is 0 Å². The molecule has 0 spiro atoms. The van der Waals surface area contributed by atoms with Crippen molar-refractivity contribution in [1.82, 2.24) is 0 Å². The lowest BCUT2D eigenvalue weighted by Gasteiger charge is -2.38. The Labute approximate surface area is 148 Å². The summed E-state index contributed by atoms with van der Waals surface area (Å²) in [5.41, 5.74) is 0. The van der Waals surface area contributed by atoms with Crippen LogP contribution in [0.2, 0.25) is 0 Å². The molecule has 2 unspecified atom stereocenters. The van der Waals surface area contributed by atoms with Crippen LogP contribution in [0.5, 0.6) is 0 Å². The SMILES string of the molecule is CC(C)(OP(=O)(c1ccccc1)C(C)(C)O)P(=O)(O)c1ccccc1. The van der Waals surface area contributed by atoms with Gasteiger partial charge >= 0.3 is 0 Å². The zero-order valence-electron chi connectivity index (χ0n) is 14.8. The van der Waals surface area contributed by atoms with E-state index in [1.807, 2.05) is 0 Å². The van der Waals surface area contributed by atoms with Crippen molar-refractivity contribution < 1.29 is 23.7 Å². The predicted octanol–water partition coefficient (Wildman–Crippen LogP) is 3.67. The van der Waals surface area contributed by atoms with E-state index in [0.717, 1.165) is 0 Å². The molecule has 7 heteroatoms. The minimum atomic E-state index is -4.04. The van der Waals surface area contributed by atoms with Crippen LogP contribution < -0.4 is 10.6 Å². The second-order valence-corrected chi connectivity index (χ2v) is 12.5. The molecule has 0 saturated carbocycles. The molecule has 0 aliphatic carbocycles. The second-order valence-electron chi connectivity index (χ2n) is 6.83. The van der Waals surface area contributed by atoms with Gasteiger partial charge in [0.15, 0.2) is 5.34 Å². The molecule has 0 aliphatic rings. The lowest BCUT2D eigenvalue weighted by Crippen LogP contribution is -2.36. The first-order valence-corrected chi connectivity index (χ1v) is 11.2. The third-order valence-electron chi connectivity index (χ3n) is 4.00. The van der Waals surface area contributed by atoms with E-state index in [2.05, 4.69) is 0 Å². The summed E-state index contributed by atoms with van der Waals surface area (Å²) < 4.78 is 32.5. The molecular formula is C18H24O5P2. The lowest BCUT2D eigenvalue weighted by atomic mass is 10.4. The Morgan fingerprint density at radius 1 is 0.800 bits per heavy atom. The van der Waals surface area contributed by atoms with Gasteiger partial charge in [0.25, 0.3) is 14.7 Å². The molecule has 0 aliphatic heterocycles. The minimum Gasteiger partial charge on any atom is -0.380 e. The Morgan fingerprint density at radius 3 is 1.60 bits per heavy atom. The predicted molar refractivity (Wildman–Crippen MR) is 101 cm³/mol. The molecule has 0 fully saturated rings. The van der Waals surface area contributed by atoms with Crippen molar-refractivity contribution in [3.05, 3.63) is 60.7 Å². The number of aliphatic hydroxyl groups is 1. The highest BCUT2D eigenvalue weighted by Crippen LogP contribution is 2.65. The largest absolute Gasteiger partial charge is 0.380 e. The highest BCUT2D eigenvalue weighted by molar-refractivity contribution is 7.71. The van der Waals surface area contributed by atoms with E-state index in [4.69, 9.17) is 4.52 Å². The van der Waals surface area contributed by atoms with Gasteiger partial charge in [-0.05, 0) is 52.0 Å². The Hall–Kier alpha value is -1.22. The van der Waals surface area contributed by atoms with Gasteiger partial charge in [0.05, 0.1) is 0 Å². The molecule has 0 radical (unpaired) electrons. The van der Waals surface area contributed by atoms with Crippen LogP contribution in [0.4, 0.5) is 0 Å². The van der Waals surface area contributed by atoms with Gasteiger partial charge in [-0.15, -0.1) is 0 Å². The van der Waals surface area contributed by atoms with Crippen molar-refractivity contribution in [2.45, 2.75) is 38.4 Å². The number of rotatable bonds is 6. The monoisotopic (exact) mass is 382 g/mol. The molecule has 5 nitrogen and oxygen atoms in total. The molecule has 0 bridgehead atoms. The fraction of sp³-hybridized carbons (Fsp3) is 0.333. The first-order valence-electron chi connectivity index (χ1n) is 7.89. The Kier molecular flexibility index (Phi) is 5.49. The zero-order valence-corrected chi connectivity index (χ0v) is 16.6. The summed E-state index contributed by atoms with van der Waals surface area (Å²) in [6, 6.07) is 16.4. The fourth-order valence-electron chi connectivity index (χ4n) is 2.42. The summed E-state index contributed by atoms with van der Waals surface area (Å²) in [5, 5.41) is 7.64. The van der Waals surface area contributed by atoms with Gasteiger partial charge in [-0.1, -0.05) is 36.4 Å². The third-order valence-corrected chi connectivity index (χ3v) is 9.83. The molecule has 2 rings (SSSR count). The van der Waals surface area contributed by atoms with Crippen molar-refractivity contribution in [3.8, 4) is 0 Å². The number of hydrogen-bond acceptors (Lipinski definition) is 4. The van der Waals surface area contributed by atoms with Gasteiger partial charge in [-0.3, -0.25) is 9.13 Å². The van der Waals surface area contributed by atoms with Crippen LogP contribution in [-0.4, -0.2) is 20.7 Å². The average Bonchev–Trinajstić information content (AvgIpc) is 2.55. The highest BCUT2D eigenvalue weighted by atomic mass is 31.2. The molecule has 0 amide bonds. The summed E-state index contributed by atoms with van der Waals surface area (Å²) in [7, 11) is -7.91. The Morgan fingerprint density at radius 2 is 1.20 bits per heavy atom. The molecule has 136 valence electrons. The molecule has 0 heterocycles. The van der Waals surface area contributed by atoms with Crippen LogP contribution in [0.1, 0.15) is 27.7 Å². The number of hydrogen-bond donors (Lipinski definition) is 2. The van der Waals surface area contributed by atoms with Crippen LogP contribution >= 0.6 is 14.7 Å². The molecule has 0 aromatic heterocycles. The van der Waals surface area contributed by atoms with E-state index >= 15 is 0 Å². The van der Waals surface area contributed by atoms with Crippen LogP contribution in [0.3, 0.4) is 0 Å². The zero-order chi connectivity index (χ0) is 18.9. The first-order chi connectivity index (χ1) is 11.4. The topological polar surface area (TPSA) is 83.8 Å². The molecule has 0 saturated heterocycles. The van der Waals surface area contributed by atoms with Crippen molar-refractivity contribution >= 4 is 25.3 Å². The fourth-order valence-corrected chi connectivity index (χ4v) is 6.56. The smallest absolute Gasteiger partial charge is 0.263 e. The molecule has 25 heavy (non-hydrogen) atoms. The summed E-state index contributed by atoms with van der Waals surface area (Å²) >= 11 is 0. The molecule has 2 aromatic rings. The van der Waals surface area contributed by atoms with E-state index in [-0.39, 0.29) is 5.30 Å². The molecule has 2 N–H and O–H groups in total. The van der Waals surface area contributed by atoms with Gasteiger partial charge in [0, 0.05) is 10.6 Å². The second kappa shape index (κ2) is 6.83. The molecule has 2 atom stereocenters. The quantitative estimate of drug-likeness (QED) is 0.745. The maximum Gasteiger partial charge on any atom is 0.263 e. The van der Waals surface area contributed by atoms with E-state index in [1.165, 1.54) is 39.8 Å². The minimum absolute atomic E-state index is 0.204. The van der Waals surface area contributed by atoms with E-state index in [0.29, 0.717) is 5.30 Å². The standard InChI is InChI=1S/C18H24O5P2/c1-17(2,19)25(22,16-13-9-6-10-14-16)23-18(3,4)24(20,21)15-11-7-5-8-12-15/h5-14,19H,1-4H3,(H,20,21). The maximum atomic E-state index is 13.6. The van der Waals surface area contributed by atoms with E-state index in [9.17, 15) is 19.1 Å². The van der Waals surface area contributed by atoms with Crippen LogP contribution in [0, 0.1) is 0 Å². The van der Waals surface area contributed by atoms with E-state index < -0.39 is 25.4 Å². The van der Waals surface area contributed by atoms with Crippen LogP contribution in [0.25, 0.3) is 0 Å². The van der Waals surface area contributed by atoms with Gasteiger partial charge in [0.2, 0.25) is 0 Å². The van der Waals surface area contributed by atoms with Crippen LogP contribution in [0.15, 0.2) is 60.7 Å². The Balaban J connectivity index is 2.52. The summed E-state index contributed by atoms with van der Waals surface area (Å²) in [6.07, 6.45) is 0. The highest BCUT2D eigenvalue weighted by Gasteiger charge is 2.52. The summed E-state index contributed by atoms with van der Waals surface area (Å²) in [4.78, 5) is 10.7. The first kappa shape index (κ1) is 20.1. The summed E-state index contributed by atoms with van der Waals surface area (Å²) in [6.45, 7) is 5.59. The lowest BCUT2D eigenvalue weighted by molar-refractivity contribution is 0.111. The molecule has 2 aromatic carbocycles. The van der Waals surface area contributed by atoms with Gasteiger partial charge in [0.1, 0.15) is 5.34 Å². The van der Waals surface area contributed by atoms with Crippen molar-refractivity contribution in [3.63, 3.8) is 0 Å². The van der Waals surface area contributed by atoms with Gasteiger partial charge < -0.3 is 14.5 Å². The third kappa shape index (κ3) is 3.81. The average molecular weight is 382 g/mol. The summed E-state index contributed by atoms with van der Waals surface area (Å²) in [5.74, 6) is 0. The van der Waals surface area contributed by atoms with Gasteiger partial charge in [-0.2, -0.15) is 0 Å². The number of benzene rings is 2. The Bertz CT molecular complexity index is 810. The maximum absolute atomic E-state index is 13.6. The van der Waals surface area contributed by atoms with Crippen molar-refractivity contribution in [2.75, 3.05) is 0 Å². The molecular weight excluding hydrogens is 358 g/mol. The van der Waals surface area contributed by atoms with Gasteiger partial charge in [-0.25, -0.2) is 0 Å².